The molecule has 0 atom stereocenters. The van der Waals surface area contributed by atoms with Gasteiger partial charge in [-0.2, -0.15) is 0 Å². The summed E-state index contributed by atoms with van der Waals surface area (Å²) in [6.45, 7) is 1.84. The zero-order valence-electron chi connectivity index (χ0n) is 13.8. The molecule has 0 saturated carbocycles. The molecule has 0 radical (unpaired) electrons. The average molecular weight is 351 g/mol. The van der Waals surface area contributed by atoms with E-state index < -0.39 is 11.3 Å². The highest BCUT2D eigenvalue weighted by molar-refractivity contribution is 5.60. The summed E-state index contributed by atoms with van der Waals surface area (Å²) >= 11 is 0. The largest absolute Gasteiger partial charge is 0.501 e. The first-order chi connectivity index (χ1) is 12.5. The lowest BCUT2D eigenvalue weighted by Gasteiger charge is -2.05. The molecule has 3 heterocycles. The maximum atomic E-state index is 13.0. The molecule has 0 bridgehead atoms. The second kappa shape index (κ2) is 6.11. The molecule has 0 aliphatic carbocycles. The second-order valence-corrected chi connectivity index (χ2v) is 5.98. The molecule has 0 amide bonds. The maximum absolute atomic E-state index is 13.0. The number of nitrogens with zero attached hydrogens (tertiary/aromatic N) is 3. The van der Waals surface area contributed by atoms with E-state index in [1.165, 1.54) is 22.7 Å². The van der Waals surface area contributed by atoms with Crippen LogP contribution in [-0.2, 0) is 6.42 Å². The number of rotatable bonds is 3. The number of aromatic hydroxyl groups is 1. The van der Waals surface area contributed by atoms with Crippen LogP contribution >= 0.6 is 0 Å². The second-order valence-electron chi connectivity index (χ2n) is 5.98. The fraction of sp³-hybridized carbons (Fsp3) is 0.105. The number of aryl methyl sites for hydroxylation is 1. The summed E-state index contributed by atoms with van der Waals surface area (Å²) in [5.74, 6) is -0.270. The van der Waals surface area contributed by atoms with Crippen molar-refractivity contribution in [2.45, 2.75) is 13.3 Å². The first kappa shape index (κ1) is 16.0. The summed E-state index contributed by atoms with van der Waals surface area (Å²) < 4.78 is 19.9. The summed E-state index contributed by atoms with van der Waals surface area (Å²) in [6, 6.07) is 9.54. The fourth-order valence-electron chi connectivity index (χ4n) is 2.69. The molecule has 6 nitrogen and oxygen atoms in total. The van der Waals surface area contributed by atoms with E-state index in [-0.39, 0.29) is 17.4 Å². The molecular weight excluding hydrogens is 337 g/mol. The van der Waals surface area contributed by atoms with Gasteiger partial charge in [0.1, 0.15) is 17.2 Å². The zero-order chi connectivity index (χ0) is 18.3. The Labute approximate surface area is 147 Å². The molecule has 0 fully saturated rings. The molecule has 4 rings (SSSR count). The van der Waals surface area contributed by atoms with Crippen LogP contribution in [0.5, 0.6) is 5.75 Å². The van der Waals surface area contributed by atoms with E-state index in [1.54, 1.807) is 24.4 Å². The predicted molar refractivity (Wildman–Crippen MR) is 92.6 cm³/mol. The lowest BCUT2D eigenvalue weighted by molar-refractivity contribution is 0.457. The van der Waals surface area contributed by atoms with Gasteiger partial charge in [0.25, 0.3) is 0 Å². The SMILES string of the molecule is Cc1ccc2nc(-c3ncc(Cc4ccc(F)cc4)o3)c(O)c(=O)n2c1. The number of benzene rings is 1. The van der Waals surface area contributed by atoms with Crippen LogP contribution in [0.1, 0.15) is 16.9 Å². The van der Waals surface area contributed by atoms with E-state index in [9.17, 15) is 14.3 Å². The highest BCUT2D eigenvalue weighted by atomic mass is 19.1. The van der Waals surface area contributed by atoms with Crippen molar-refractivity contribution in [1.82, 2.24) is 14.4 Å². The third kappa shape index (κ3) is 2.83. The van der Waals surface area contributed by atoms with E-state index >= 15 is 0 Å². The highest BCUT2D eigenvalue weighted by Gasteiger charge is 2.18. The zero-order valence-corrected chi connectivity index (χ0v) is 13.8. The van der Waals surface area contributed by atoms with E-state index in [1.807, 2.05) is 13.0 Å². The Kier molecular flexibility index (Phi) is 3.76. The highest BCUT2D eigenvalue weighted by Crippen LogP contribution is 2.25. The molecule has 7 heteroatoms. The number of halogens is 1. The number of pyridine rings is 1. The molecule has 3 aromatic heterocycles. The minimum Gasteiger partial charge on any atom is -0.501 e. The van der Waals surface area contributed by atoms with Crippen LogP contribution in [-0.4, -0.2) is 19.5 Å². The van der Waals surface area contributed by atoms with Crippen molar-refractivity contribution in [3.05, 3.63) is 81.9 Å². The molecule has 0 unspecified atom stereocenters. The molecule has 1 aromatic carbocycles. The molecule has 26 heavy (non-hydrogen) atoms. The van der Waals surface area contributed by atoms with Crippen LogP contribution in [0, 0.1) is 12.7 Å². The van der Waals surface area contributed by atoms with Gasteiger partial charge in [-0.05, 0) is 36.2 Å². The van der Waals surface area contributed by atoms with Gasteiger partial charge in [0, 0.05) is 12.6 Å². The summed E-state index contributed by atoms with van der Waals surface area (Å²) in [6.07, 6.45) is 3.50. The van der Waals surface area contributed by atoms with Gasteiger partial charge >= 0.3 is 5.56 Å². The molecule has 0 spiro atoms. The van der Waals surface area contributed by atoms with Gasteiger partial charge in [0.2, 0.25) is 11.6 Å². The number of fused-ring (bicyclic) bond motifs is 1. The van der Waals surface area contributed by atoms with Gasteiger partial charge in [0.05, 0.1) is 6.20 Å². The summed E-state index contributed by atoms with van der Waals surface area (Å²) in [7, 11) is 0. The number of hydrogen-bond donors (Lipinski definition) is 1. The Morgan fingerprint density at radius 3 is 2.73 bits per heavy atom. The van der Waals surface area contributed by atoms with Crippen molar-refractivity contribution in [2.75, 3.05) is 0 Å². The molecule has 1 N–H and O–H groups in total. The van der Waals surface area contributed by atoms with Crippen LogP contribution < -0.4 is 5.56 Å². The van der Waals surface area contributed by atoms with Crippen molar-refractivity contribution in [2.24, 2.45) is 0 Å². The molecule has 0 aliphatic heterocycles. The Balaban J connectivity index is 1.73. The maximum Gasteiger partial charge on any atom is 0.300 e. The van der Waals surface area contributed by atoms with E-state index in [0.29, 0.717) is 17.8 Å². The van der Waals surface area contributed by atoms with Crippen molar-refractivity contribution in [3.63, 3.8) is 0 Å². The van der Waals surface area contributed by atoms with Crippen molar-refractivity contribution < 1.29 is 13.9 Å². The smallest absolute Gasteiger partial charge is 0.300 e. The monoisotopic (exact) mass is 351 g/mol. The first-order valence-electron chi connectivity index (χ1n) is 7.93. The van der Waals surface area contributed by atoms with Crippen LogP contribution in [0.25, 0.3) is 17.2 Å². The van der Waals surface area contributed by atoms with Crippen molar-refractivity contribution in [1.29, 1.82) is 0 Å². The van der Waals surface area contributed by atoms with E-state index in [0.717, 1.165) is 11.1 Å². The molecule has 4 aromatic rings. The Morgan fingerprint density at radius 1 is 1.19 bits per heavy atom. The summed E-state index contributed by atoms with van der Waals surface area (Å²) in [5, 5.41) is 10.2. The Hall–Kier alpha value is -3.48. The number of oxazole rings is 1. The Morgan fingerprint density at radius 2 is 1.96 bits per heavy atom. The van der Waals surface area contributed by atoms with Gasteiger partial charge in [-0.3, -0.25) is 9.20 Å². The molecule has 0 aliphatic rings. The number of aromatic nitrogens is 3. The van der Waals surface area contributed by atoms with E-state index in [2.05, 4.69) is 9.97 Å². The molecule has 0 saturated heterocycles. The van der Waals surface area contributed by atoms with Crippen molar-refractivity contribution in [3.8, 4) is 17.3 Å². The van der Waals surface area contributed by atoms with Gasteiger partial charge in [0.15, 0.2) is 5.69 Å². The third-order valence-corrected chi connectivity index (χ3v) is 3.99. The van der Waals surface area contributed by atoms with Crippen molar-refractivity contribution >= 4 is 5.65 Å². The van der Waals surface area contributed by atoms with Crippen LogP contribution in [0.2, 0.25) is 0 Å². The average Bonchev–Trinajstić information content (AvgIpc) is 3.09. The van der Waals surface area contributed by atoms with Gasteiger partial charge in [-0.1, -0.05) is 18.2 Å². The lowest BCUT2D eigenvalue weighted by atomic mass is 10.1. The quantitative estimate of drug-likeness (QED) is 0.613. The number of hydrogen-bond acceptors (Lipinski definition) is 5. The summed E-state index contributed by atoms with van der Waals surface area (Å²) in [4.78, 5) is 20.8. The Bertz CT molecular complexity index is 1160. The molecular formula is C19H14FN3O3. The van der Waals surface area contributed by atoms with Gasteiger partial charge < -0.3 is 9.52 Å². The predicted octanol–water partition coefficient (Wildman–Crippen LogP) is 3.09. The topological polar surface area (TPSA) is 80.6 Å². The molecule has 130 valence electrons. The normalized spacial score (nSPS) is 11.2. The minimum atomic E-state index is -0.591. The van der Waals surface area contributed by atoms with E-state index in [4.69, 9.17) is 4.42 Å². The van der Waals surface area contributed by atoms with Crippen LogP contribution in [0.3, 0.4) is 0 Å². The first-order valence-corrected chi connectivity index (χ1v) is 7.93. The van der Waals surface area contributed by atoms with Crippen LogP contribution in [0.4, 0.5) is 4.39 Å². The van der Waals surface area contributed by atoms with Crippen LogP contribution in [0.15, 0.2) is 58.0 Å². The van der Waals surface area contributed by atoms with Gasteiger partial charge in [-0.25, -0.2) is 14.4 Å². The summed E-state index contributed by atoms with van der Waals surface area (Å²) in [5.41, 5.74) is 1.49. The fourth-order valence-corrected chi connectivity index (χ4v) is 2.69. The third-order valence-electron chi connectivity index (χ3n) is 3.99. The standard InChI is InChI=1S/C19H14FN3O3/c1-11-2-7-15-22-16(17(24)19(25)23(15)10-11)18-21-9-14(26-18)8-12-3-5-13(20)6-4-12/h2-7,9-10,24H,8H2,1H3. The minimum absolute atomic E-state index is 0.00999. The lowest BCUT2D eigenvalue weighted by Crippen LogP contribution is -2.15. The van der Waals surface area contributed by atoms with Gasteiger partial charge in [-0.15, -0.1) is 0 Å².